The van der Waals surface area contributed by atoms with Gasteiger partial charge in [-0.25, -0.2) is 4.79 Å². The second kappa shape index (κ2) is 6.39. The zero-order chi connectivity index (χ0) is 18.0. The fourth-order valence-electron chi connectivity index (χ4n) is 2.28. The Morgan fingerprint density at radius 2 is 1.68 bits per heavy atom. The fraction of sp³-hybridized carbons (Fsp3) is 0.0526. The molecule has 1 heterocycles. The molecule has 0 aliphatic heterocycles. The lowest BCUT2D eigenvalue weighted by atomic mass is 10.1. The van der Waals surface area contributed by atoms with Gasteiger partial charge in [-0.3, -0.25) is 4.79 Å². The SMILES string of the molecule is O=C(/C=C/c1ccc(C(F)(F)F)cc1)c1cc2ccccc2oc1=O. The van der Waals surface area contributed by atoms with Crippen molar-refractivity contribution in [3.8, 4) is 0 Å². The minimum Gasteiger partial charge on any atom is -0.422 e. The molecule has 3 aromatic rings. The molecule has 3 rings (SSSR count). The van der Waals surface area contributed by atoms with E-state index < -0.39 is 23.1 Å². The number of fused-ring (bicyclic) bond motifs is 1. The molecule has 0 bridgehead atoms. The lowest BCUT2D eigenvalue weighted by Gasteiger charge is -2.05. The van der Waals surface area contributed by atoms with Crippen molar-refractivity contribution in [2.24, 2.45) is 0 Å². The maximum Gasteiger partial charge on any atom is 0.416 e. The summed E-state index contributed by atoms with van der Waals surface area (Å²) >= 11 is 0. The maximum absolute atomic E-state index is 12.5. The molecule has 0 spiro atoms. The van der Waals surface area contributed by atoms with Gasteiger partial charge in [-0.05, 0) is 35.9 Å². The van der Waals surface area contributed by atoms with E-state index in [1.165, 1.54) is 24.3 Å². The highest BCUT2D eigenvalue weighted by Crippen LogP contribution is 2.29. The van der Waals surface area contributed by atoms with Gasteiger partial charge in [0, 0.05) is 5.39 Å². The number of para-hydroxylation sites is 1. The van der Waals surface area contributed by atoms with E-state index in [1.807, 2.05) is 0 Å². The van der Waals surface area contributed by atoms with Gasteiger partial charge in [0.1, 0.15) is 11.1 Å². The van der Waals surface area contributed by atoms with Crippen LogP contribution in [0.3, 0.4) is 0 Å². The average molecular weight is 344 g/mol. The largest absolute Gasteiger partial charge is 0.422 e. The molecule has 0 amide bonds. The standard InChI is InChI=1S/C19H11F3O3/c20-19(21,22)14-8-5-12(6-9-14)7-10-16(23)15-11-13-3-1-2-4-17(13)25-18(15)24/h1-11H/b10-7+. The second-order valence-corrected chi connectivity index (χ2v) is 5.30. The molecule has 0 N–H and O–H groups in total. The van der Waals surface area contributed by atoms with E-state index in [2.05, 4.69) is 0 Å². The Morgan fingerprint density at radius 3 is 2.36 bits per heavy atom. The summed E-state index contributed by atoms with van der Waals surface area (Å²) in [6.07, 6.45) is -1.94. The van der Waals surface area contributed by atoms with Crippen molar-refractivity contribution < 1.29 is 22.4 Å². The molecule has 0 atom stereocenters. The van der Waals surface area contributed by atoms with Gasteiger partial charge in [0.25, 0.3) is 0 Å². The normalized spacial score (nSPS) is 12.0. The molecule has 6 heteroatoms. The first kappa shape index (κ1) is 16.7. The van der Waals surface area contributed by atoms with Crippen LogP contribution in [0.4, 0.5) is 13.2 Å². The minimum absolute atomic E-state index is 0.137. The number of halogens is 3. The molecular formula is C19H11F3O3. The Kier molecular flexibility index (Phi) is 4.27. The topological polar surface area (TPSA) is 47.3 Å². The third-order valence-electron chi connectivity index (χ3n) is 3.57. The van der Waals surface area contributed by atoms with Crippen molar-refractivity contribution in [3.05, 3.63) is 87.8 Å². The Labute approximate surface area is 140 Å². The number of hydrogen-bond acceptors (Lipinski definition) is 3. The molecule has 0 aliphatic carbocycles. The molecule has 25 heavy (non-hydrogen) atoms. The zero-order valence-electron chi connectivity index (χ0n) is 12.7. The Morgan fingerprint density at radius 1 is 1.00 bits per heavy atom. The predicted octanol–water partition coefficient (Wildman–Crippen LogP) is 4.71. The summed E-state index contributed by atoms with van der Waals surface area (Å²) in [5, 5.41) is 0.605. The highest BCUT2D eigenvalue weighted by Gasteiger charge is 2.29. The van der Waals surface area contributed by atoms with Crippen molar-refractivity contribution in [1.29, 1.82) is 0 Å². The Balaban J connectivity index is 1.86. The molecule has 126 valence electrons. The van der Waals surface area contributed by atoms with Crippen molar-refractivity contribution >= 4 is 22.8 Å². The van der Waals surface area contributed by atoms with Gasteiger partial charge < -0.3 is 4.42 Å². The number of alkyl halides is 3. The fourth-order valence-corrected chi connectivity index (χ4v) is 2.28. The molecular weight excluding hydrogens is 333 g/mol. The van der Waals surface area contributed by atoms with Gasteiger partial charge in [0.15, 0.2) is 5.78 Å². The predicted molar refractivity (Wildman–Crippen MR) is 87.3 cm³/mol. The quantitative estimate of drug-likeness (QED) is 0.393. The van der Waals surface area contributed by atoms with Crippen molar-refractivity contribution in [2.45, 2.75) is 6.18 Å². The van der Waals surface area contributed by atoms with Crippen LogP contribution in [0.2, 0.25) is 0 Å². The summed E-state index contributed by atoms with van der Waals surface area (Å²) in [5.41, 5.74) is -0.893. The molecule has 0 fully saturated rings. The van der Waals surface area contributed by atoms with Crippen LogP contribution in [0.5, 0.6) is 0 Å². The first-order valence-corrected chi connectivity index (χ1v) is 7.27. The van der Waals surface area contributed by atoms with Crippen molar-refractivity contribution in [1.82, 2.24) is 0 Å². The molecule has 0 saturated carbocycles. The summed E-state index contributed by atoms with van der Waals surface area (Å²) in [5.74, 6) is -0.584. The van der Waals surface area contributed by atoms with Gasteiger partial charge >= 0.3 is 11.8 Å². The summed E-state index contributed by atoms with van der Waals surface area (Å²) in [7, 11) is 0. The summed E-state index contributed by atoms with van der Waals surface area (Å²) in [6.45, 7) is 0. The molecule has 0 aliphatic rings. The first-order valence-electron chi connectivity index (χ1n) is 7.27. The summed E-state index contributed by atoms with van der Waals surface area (Å²) in [4.78, 5) is 24.1. The lowest BCUT2D eigenvalue weighted by Crippen LogP contribution is -2.11. The Hall–Kier alpha value is -3.15. The second-order valence-electron chi connectivity index (χ2n) is 5.30. The highest BCUT2D eigenvalue weighted by atomic mass is 19.4. The molecule has 0 unspecified atom stereocenters. The van der Waals surface area contributed by atoms with Crippen LogP contribution in [0.25, 0.3) is 17.0 Å². The Bertz CT molecular complexity index is 1010. The van der Waals surface area contributed by atoms with Gasteiger partial charge in [0.2, 0.25) is 0 Å². The van der Waals surface area contributed by atoms with Crippen LogP contribution >= 0.6 is 0 Å². The van der Waals surface area contributed by atoms with Gasteiger partial charge in [0.05, 0.1) is 5.56 Å². The van der Waals surface area contributed by atoms with Crippen molar-refractivity contribution in [2.75, 3.05) is 0 Å². The lowest BCUT2D eigenvalue weighted by molar-refractivity contribution is -0.137. The number of hydrogen-bond donors (Lipinski definition) is 0. The monoisotopic (exact) mass is 344 g/mol. The maximum atomic E-state index is 12.5. The number of benzene rings is 2. The number of allylic oxidation sites excluding steroid dienone is 1. The van der Waals surface area contributed by atoms with Crippen LogP contribution in [0.1, 0.15) is 21.5 Å². The van der Waals surface area contributed by atoms with Crippen LogP contribution in [0, 0.1) is 0 Å². The van der Waals surface area contributed by atoms with Gasteiger partial charge in [-0.1, -0.05) is 36.4 Å². The van der Waals surface area contributed by atoms with Crippen LogP contribution < -0.4 is 5.63 Å². The number of ketones is 1. The average Bonchev–Trinajstić information content (AvgIpc) is 2.58. The third kappa shape index (κ3) is 3.68. The van der Waals surface area contributed by atoms with Gasteiger partial charge in [-0.15, -0.1) is 0 Å². The molecule has 0 radical (unpaired) electrons. The van der Waals surface area contributed by atoms with E-state index in [4.69, 9.17) is 4.42 Å². The van der Waals surface area contributed by atoms with Crippen LogP contribution in [-0.2, 0) is 6.18 Å². The summed E-state index contributed by atoms with van der Waals surface area (Å²) < 4.78 is 42.6. The van der Waals surface area contributed by atoms with Crippen molar-refractivity contribution in [3.63, 3.8) is 0 Å². The molecule has 3 nitrogen and oxygen atoms in total. The highest BCUT2D eigenvalue weighted by molar-refractivity contribution is 6.07. The van der Waals surface area contributed by atoms with E-state index in [0.717, 1.165) is 18.2 Å². The number of rotatable bonds is 3. The van der Waals surface area contributed by atoms with E-state index in [1.54, 1.807) is 24.3 Å². The molecule has 1 aromatic heterocycles. The van der Waals surface area contributed by atoms with E-state index in [0.29, 0.717) is 16.5 Å². The minimum atomic E-state index is -4.41. The van der Waals surface area contributed by atoms with Crippen LogP contribution in [-0.4, -0.2) is 5.78 Å². The van der Waals surface area contributed by atoms with Crippen LogP contribution in [0.15, 0.2) is 69.9 Å². The van der Waals surface area contributed by atoms with E-state index >= 15 is 0 Å². The zero-order valence-corrected chi connectivity index (χ0v) is 12.7. The number of carbonyl (C=O) groups excluding carboxylic acids is 1. The number of carbonyl (C=O) groups is 1. The summed E-state index contributed by atoms with van der Waals surface area (Å²) in [6, 6.07) is 12.5. The first-order chi connectivity index (χ1) is 11.8. The van der Waals surface area contributed by atoms with E-state index in [9.17, 15) is 22.8 Å². The molecule has 2 aromatic carbocycles. The third-order valence-corrected chi connectivity index (χ3v) is 3.57. The molecule has 0 saturated heterocycles. The van der Waals surface area contributed by atoms with E-state index in [-0.39, 0.29) is 5.56 Å². The van der Waals surface area contributed by atoms with Gasteiger partial charge in [-0.2, -0.15) is 13.2 Å². The smallest absolute Gasteiger partial charge is 0.416 e.